The Morgan fingerprint density at radius 2 is 2.00 bits per heavy atom. The monoisotopic (exact) mass is 295 g/mol. The van der Waals surface area contributed by atoms with Gasteiger partial charge >= 0.3 is 0 Å². The van der Waals surface area contributed by atoms with Gasteiger partial charge in [0.2, 0.25) is 0 Å². The topological polar surface area (TPSA) is 91.9 Å². The van der Waals surface area contributed by atoms with Crippen LogP contribution in [0.4, 0.5) is 4.39 Å². The SMILES string of the molecule is O=c1c2c(F)cccc2ccn1[C@@H]1O[C@H](CO)[C@@H](O)[C@@H]1O. The first-order valence-electron chi connectivity index (χ1n) is 6.46. The fourth-order valence-corrected chi connectivity index (χ4v) is 2.57. The van der Waals surface area contributed by atoms with Crippen molar-refractivity contribution in [2.75, 3.05) is 6.61 Å². The second-order valence-electron chi connectivity index (χ2n) is 4.96. The zero-order chi connectivity index (χ0) is 15.1. The number of aliphatic hydroxyl groups excluding tert-OH is 3. The molecule has 3 rings (SSSR count). The molecular formula is C14H14FNO5. The van der Waals surface area contributed by atoms with Crippen molar-refractivity contribution < 1.29 is 24.4 Å². The molecule has 3 N–H and O–H groups in total. The van der Waals surface area contributed by atoms with Gasteiger partial charge in [0.25, 0.3) is 5.56 Å². The summed E-state index contributed by atoms with van der Waals surface area (Å²) in [7, 11) is 0. The van der Waals surface area contributed by atoms with E-state index in [0.717, 1.165) is 4.57 Å². The van der Waals surface area contributed by atoms with Crippen LogP contribution in [0.5, 0.6) is 0 Å². The van der Waals surface area contributed by atoms with Crippen LogP contribution in [0.2, 0.25) is 0 Å². The first kappa shape index (κ1) is 14.2. The highest BCUT2D eigenvalue weighted by Crippen LogP contribution is 2.28. The van der Waals surface area contributed by atoms with Crippen molar-refractivity contribution in [3.8, 4) is 0 Å². The Kier molecular flexibility index (Phi) is 3.50. The molecule has 2 heterocycles. The van der Waals surface area contributed by atoms with Crippen LogP contribution >= 0.6 is 0 Å². The van der Waals surface area contributed by atoms with Crippen LogP contribution in [0.25, 0.3) is 10.8 Å². The molecule has 0 saturated carbocycles. The summed E-state index contributed by atoms with van der Waals surface area (Å²) in [6, 6.07) is 5.79. The number of hydrogen-bond donors (Lipinski definition) is 3. The summed E-state index contributed by atoms with van der Waals surface area (Å²) < 4.78 is 20.1. The molecule has 1 aromatic heterocycles. The lowest BCUT2D eigenvalue weighted by Gasteiger charge is -2.18. The summed E-state index contributed by atoms with van der Waals surface area (Å²) in [5.41, 5.74) is -0.666. The zero-order valence-electron chi connectivity index (χ0n) is 10.9. The van der Waals surface area contributed by atoms with Gasteiger partial charge in [-0.05, 0) is 17.5 Å². The van der Waals surface area contributed by atoms with Crippen LogP contribution in [-0.2, 0) is 4.74 Å². The van der Waals surface area contributed by atoms with E-state index in [1.807, 2.05) is 0 Å². The molecule has 4 atom stereocenters. The van der Waals surface area contributed by atoms with Gasteiger partial charge in [-0.15, -0.1) is 0 Å². The van der Waals surface area contributed by atoms with E-state index in [1.165, 1.54) is 24.4 Å². The highest BCUT2D eigenvalue weighted by molar-refractivity contribution is 5.81. The zero-order valence-corrected chi connectivity index (χ0v) is 10.9. The minimum atomic E-state index is -1.39. The Morgan fingerprint density at radius 1 is 1.24 bits per heavy atom. The third kappa shape index (κ3) is 2.14. The standard InChI is InChI=1S/C14H14FNO5/c15-8-3-1-2-7-4-5-16(13(20)10(7)8)14-12(19)11(18)9(6-17)21-14/h1-5,9,11-12,14,17-19H,6H2/t9-,11-,12+,14-/m1/s1. The third-order valence-corrected chi connectivity index (χ3v) is 3.70. The third-order valence-electron chi connectivity index (χ3n) is 3.70. The number of ether oxygens (including phenoxy) is 1. The van der Waals surface area contributed by atoms with Gasteiger partial charge in [-0.3, -0.25) is 9.36 Å². The average Bonchev–Trinajstić information content (AvgIpc) is 2.75. The minimum Gasteiger partial charge on any atom is -0.394 e. The molecule has 1 fully saturated rings. The summed E-state index contributed by atoms with van der Waals surface area (Å²) in [5, 5.41) is 29.0. The quantitative estimate of drug-likeness (QED) is 0.711. The molecule has 1 saturated heterocycles. The Labute approximate surface area is 118 Å². The summed E-state index contributed by atoms with van der Waals surface area (Å²) in [6.07, 6.45) is -3.50. The molecule has 0 radical (unpaired) electrons. The van der Waals surface area contributed by atoms with E-state index in [0.29, 0.717) is 5.39 Å². The normalized spacial score (nSPS) is 29.1. The molecule has 1 aliphatic rings. The van der Waals surface area contributed by atoms with Crippen molar-refractivity contribution >= 4 is 10.8 Å². The van der Waals surface area contributed by atoms with Crippen molar-refractivity contribution in [2.45, 2.75) is 24.5 Å². The van der Waals surface area contributed by atoms with E-state index in [4.69, 9.17) is 9.84 Å². The van der Waals surface area contributed by atoms with Crippen molar-refractivity contribution in [3.63, 3.8) is 0 Å². The Morgan fingerprint density at radius 3 is 2.67 bits per heavy atom. The van der Waals surface area contributed by atoms with Crippen molar-refractivity contribution in [1.29, 1.82) is 0 Å². The molecule has 0 amide bonds. The van der Waals surface area contributed by atoms with Gasteiger partial charge in [0.15, 0.2) is 6.23 Å². The van der Waals surface area contributed by atoms with Gasteiger partial charge in [-0.25, -0.2) is 4.39 Å². The van der Waals surface area contributed by atoms with E-state index >= 15 is 0 Å². The Bertz CT molecular complexity index is 731. The number of nitrogens with zero attached hydrogens (tertiary/aromatic N) is 1. The fourth-order valence-electron chi connectivity index (χ4n) is 2.57. The van der Waals surface area contributed by atoms with Crippen LogP contribution in [0.1, 0.15) is 6.23 Å². The second kappa shape index (κ2) is 5.19. The largest absolute Gasteiger partial charge is 0.394 e. The number of aliphatic hydroxyl groups is 3. The maximum atomic E-state index is 13.8. The van der Waals surface area contributed by atoms with Gasteiger partial charge in [0.05, 0.1) is 12.0 Å². The number of fused-ring (bicyclic) bond motifs is 1. The smallest absolute Gasteiger partial charge is 0.263 e. The predicted molar refractivity (Wildman–Crippen MR) is 71.2 cm³/mol. The molecule has 0 unspecified atom stereocenters. The van der Waals surface area contributed by atoms with Crippen LogP contribution in [0.15, 0.2) is 35.3 Å². The molecule has 7 heteroatoms. The molecule has 1 aromatic carbocycles. The maximum absolute atomic E-state index is 13.8. The average molecular weight is 295 g/mol. The maximum Gasteiger partial charge on any atom is 0.263 e. The van der Waals surface area contributed by atoms with Crippen LogP contribution in [-0.4, -0.2) is 44.8 Å². The number of pyridine rings is 1. The number of hydrogen-bond acceptors (Lipinski definition) is 5. The predicted octanol–water partition coefficient (Wildman–Crippen LogP) is -0.248. The molecule has 0 bridgehead atoms. The van der Waals surface area contributed by atoms with Gasteiger partial charge < -0.3 is 20.1 Å². The Hall–Kier alpha value is -1.80. The highest BCUT2D eigenvalue weighted by atomic mass is 19.1. The number of rotatable bonds is 2. The molecule has 112 valence electrons. The van der Waals surface area contributed by atoms with Crippen LogP contribution in [0.3, 0.4) is 0 Å². The molecule has 0 spiro atoms. The van der Waals surface area contributed by atoms with E-state index in [9.17, 15) is 19.4 Å². The van der Waals surface area contributed by atoms with Crippen molar-refractivity contribution in [2.24, 2.45) is 0 Å². The van der Waals surface area contributed by atoms with Crippen LogP contribution in [0, 0.1) is 5.82 Å². The summed E-state index contributed by atoms with van der Waals surface area (Å²) in [4.78, 5) is 12.4. The van der Waals surface area contributed by atoms with E-state index < -0.39 is 42.5 Å². The molecule has 21 heavy (non-hydrogen) atoms. The molecular weight excluding hydrogens is 281 g/mol. The van der Waals surface area contributed by atoms with Crippen LogP contribution < -0.4 is 5.56 Å². The molecule has 2 aromatic rings. The van der Waals surface area contributed by atoms with E-state index in [1.54, 1.807) is 6.07 Å². The molecule has 6 nitrogen and oxygen atoms in total. The number of halogens is 1. The van der Waals surface area contributed by atoms with Gasteiger partial charge in [-0.1, -0.05) is 12.1 Å². The lowest BCUT2D eigenvalue weighted by molar-refractivity contribution is -0.0541. The fraction of sp³-hybridized carbons (Fsp3) is 0.357. The summed E-state index contributed by atoms with van der Waals surface area (Å²) in [5.74, 6) is -0.668. The van der Waals surface area contributed by atoms with Crippen molar-refractivity contribution in [1.82, 2.24) is 4.57 Å². The van der Waals surface area contributed by atoms with Crippen molar-refractivity contribution in [3.05, 3.63) is 46.6 Å². The Balaban J connectivity index is 2.12. The summed E-state index contributed by atoms with van der Waals surface area (Å²) in [6.45, 7) is -0.495. The highest BCUT2D eigenvalue weighted by Gasteiger charge is 2.43. The summed E-state index contributed by atoms with van der Waals surface area (Å²) >= 11 is 0. The number of benzene rings is 1. The van der Waals surface area contributed by atoms with Gasteiger partial charge in [0, 0.05) is 6.20 Å². The molecule has 0 aliphatic carbocycles. The first-order chi connectivity index (χ1) is 10.0. The first-order valence-corrected chi connectivity index (χ1v) is 6.46. The molecule has 1 aliphatic heterocycles. The minimum absolute atomic E-state index is 0.113. The lowest BCUT2D eigenvalue weighted by atomic mass is 10.1. The lowest BCUT2D eigenvalue weighted by Crippen LogP contribution is -2.35. The van der Waals surface area contributed by atoms with E-state index in [2.05, 4.69) is 0 Å². The number of aromatic nitrogens is 1. The second-order valence-corrected chi connectivity index (χ2v) is 4.96. The van der Waals surface area contributed by atoms with Gasteiger partial charge in [0.1, 0.15) is 24.1 Å². The van der Waals surface area contributed by atoms with Gasteiger partial charge in [-0.2, -0.15) is 0 Å². The van der Waals surface area contributed by atoms with E-state index in [-0.39, 0.29) is 5.39 Å².